The molecule has 3 aromatic heterocycles. The molecule has 3 aromatic rings. The second kappa shape index (κ2) is 5.64. The number of nitrogens with one attached hydrogen (secondary N) is 1. The van der Waals surface area contributed by atoms with Crippen molar-refractivity contribution in [3.05, 3.63) is 40.3 Å². The number of aromatic nitrogens is 3. The molecule has 0 atom stereocenters. The van der Waals surface area contributed by atoms with Gasteiger partial charge in [-0.3, -0.25) is 4.98 Å². The molecule has 102 valence electrons. The van der Waals surface area contributed by atoms with Crippen molar-refractivity contribution in [3.8, 4) is 0 Å². The molecule has 0 aliphatic rings. The van der Waals surface area contributed by atoms with Crippen molar-refractivity contribution in [3.63, 3.8) is 0 Å². The fourth-order valence-electron chi connectivity index (χ4n) is 1.73. The van der Waals surface area contributed by atoms with E-state index >= 15 is 0 Å². The number of carbonyl (C=O) groups is 1. The zero-order valence-corrected chi connectivity index (χ0v) is 12.3. The Morgan fingerprint density at radius 3 is 3.15 bits per heavy atom. The van der Waals surface area contributed by atoms with Gasteiger partial charge in [-0.2, -0.15) is 0 Å². The van der Waals surface area contributed by atoms with Crippen LogP contribution in [0.4, 0.5) is 0 Å². The maximum atomic E-state index is 11.6. The number of H-pyrrole nitrogens is 1. The lowest BCUT2D eigenvalue weighted by Gasteiger charge is -1.97. The zero-order chi connectivity index (χ0) is 13.9. The second-order valence-electron chi connectivity index (χ2n) is 3.97. The highest BCUT2D eigenvalue weighted by atomic mass is 32.2. The Morgan fingerprint density at radius 1 is 1.50 bits per heavy atom. The van der Waals surface area contributed by atoms with Gasteiger partial charge in [0.15, 0.2) is 5.16 Å². The van der Waals surface area contributed by atoms with Crippen molar-refractivity contribution in [1.29, 1.82) is 0 Å². The first-order valence-electron chi connectivity index (χ1n) is 5.86. The van der Waals surface area contributed by atoms with E-state index in [-0.39, 0.29) is 5.97 Å². The van der Waals surface area contributed by atoms with E-state index < -0.39 is 0 Å². The summed E-state index contributed by atoms with van der Waals surface area (Å²) >= 11 is 2.89. The SMILES string of the molecule is COC(=O)c1scc2[nH]c(SCc3ccccn3)nc12. The number of aromatic amines is 1. The molecule has 3 heterocycles. The normalized spacial score (nSPS) is 10.8. The summed E-state index contributed by atoms with van der Waals surface area (Å²) in [6.07, 6.45) is 1.77. The summed E-state index contributed by atoms with van der Waals surface area (Å²) in [5, 5.41) is 2.65. The van der Waals surface area contributed by atoms with E-state index in [1.807, 2.05) is 23.6 Å². The Balaban J connectivity index is 1.79. The van der Waals surface area contributed by atoms with Crippen molar-refractivity contribution in [2.24, 2.45) is 0 Å². The van der Waals surface area contributed by atoms with Crippen LogP contribution in [-0.2, 0) is 10.5 Å². The lowest BCUT2D eigenvalue weighted by atomic mass is 10.4. The number of ether oxygens (including phenoxy) is 1. The highest BCUT2D eigenvalue weighted by molar-refractivity contribution is 7.98. The molecule has 0 unspecified atom stereocenters. The number of hydrogen-bond donors (Lipinski definition) is 1. The molecule has 3 rings (SSSR count). The number of thiophene rings is 1. The van der Waals surface area contributed by atoms with Crippen LogP contribution in [0.15, 0.2) is 34.9 Å². The summed E-state index contributed by atoms with van der Waals surface area (Å²) in [6, 6.07) is 5.82. The third-order valence-corrected chi connectivity index (χ3v) is 4.53. The monoisotopic (exact) mass is 305 g/mol. The Morgan fingerprint density at radius 2 is 2.40 bits per heavy atom. The first-order valence-corrected chi connectivity index (χ1v) is 7.72. The minimum atomic E-state index is -0.349. The number of pyridine rings is 1. The maximum Gasteiger partial charge on any atom is 0.350 e. The molecule has 0 spiro atoms. The molecule has 0 aliphatic heterocycles. The third kappa shape index (κ3) is 2.54. The fraction of sp³-hybridized carbons (Fsp3) is 0.154. The van der Waals surface area contributed by atoms with E-state index in [1.165, 1.54) is 18.4 Å². The number of nitrogens with zero attached hydrogens (tertiary/aromatic N) is 2. The van der Waals surface area contributed by atoms with Gasteiger partial charge in [0.2, 0.25) is 0 Å². The summed E-state index contributed by atoms with van der Waals surface area (Å²) < 4.78 is 4.74. The molecule has 0 amide bonds. The molecule has 0 radical (unpaired) electrons. The smallest absolute Gasteiger partial charge is 0.350 e. The zero-order valence-electron chi connectivity index (χ0n) is 10.6. The number of carbonyl (C=O) groups excluding carboxylic acids is 1. The predicted molar refractivity (Wildman–Crippen MR) is 79.1 cm³/mol. The highest BCUT2D eigenvalue weighted by Crippen LogP contribution is 2.28. The van der Waals surface area contributed by atoms with E-state index in [9.17, 15) is 4.79 Å². The number of imidazole rings is 1. The number of fused-ring (bicyclic) bond motifs is 1. The van der Waals surface area contributed by atoms with Gasteiger partial charge in [-0.25, -0.2) is 9.78 Å². The quantitative estimate of drug-likeness (QED) is 0.592. The summed E-state index contributed by atoms with van der Waals surface area (Å²) in [7, 11) is 1.37. The highest BCUT2D eigenvalue weighted by Gasteiger charge is 2.17. The third-order valence-electron chi connectivity index (χ3n) is 2.67. The standard InChI is InChI=1S/C13H11N3O2S2/c1-18-12(17)11-10-9(7-19-11)15-13(16-10)20-6-8-4-2-3-5-14-8/h2-5,7H,6H2,1H3,(H,15,16). The van der Waals surface area contributed by atoms with E-state index in [1.54, 1.807) is 18.0 Å². The van der Waals surface area contributed by atoms with Crippen LogP contribution in [-0.4, -0.2) is 28.0 Å². The largest absolute Gasteiger partial charge is 0.465 e. The first kappa shape index (κ1) is 13.1. The van der Waals surface area contributed by atoms with Gasteiger partial charge in [0.25, 0.3) is 0 Å². The van der Waals surface area contributed by atoms with Crippen LogP contribution >= 0.6 is 23.1 Å². The van der Waals surface area contributed by atoms with Crippen LogP contribution in [0.1, 0.15) is 15.4 Å². The molecule has 0 saturated heterocycles. The van der Waals surface area contributed by atoms with Gasteiger partial charge in [-0.15, -0.1) is 11.3 Å². The van der Waals surface area contributed by atoms with Crippen LogP contribution in [0, 0.1) is 0 Å². The Bertz CT molecular complexity index is 737. The minimum Gasteiger partial charge on any atom is -0.465 e. The number of esters is 1. The van der Waals surface area contributed by atoms with Gasteiger partial charge in [0.1, 0.15) is 10.4 Å². The number of methoxy groups -OCH3 is 1. The van der Waals surface area contributed by atoms with E-state index in [0.29, 0.717) is 10.4 Å². The van der Waals surface area contributed by atoms with E-state index in [2.05, 4.69) is 15.0 Å². The van der Waals surface area contributed by atoms with Crippen molar-refractivity contribution >= 4 is 40.1 Å². The Hall–Kier alpha value is -1.86. The summed E-state index contributed by atoms with van der Waals surface area (Å²) in [5.41, 5.74) is 2.52. The van der Waals surface area contributed by atoms with Crippen molar-refractivity contribution < 1.29 is 9.53 Å². The van der Waals surface area contributed by atoms with Crippen molar-refractivity contribution in [1.82, 2.24) is 15.0 Å². The van der Waals surface area contributed by atoms with Gasteiger partial charge in [-0.05, 0) is 12.1 Å². The average Bonchev–Trinajstić information content (AvgIpc) is 3.05. The second-order valence-corrected chi connectivity index (χ2v) is 5.81. The molecular weight excluding hydrogens is 294 g/mol. The molecule has 0 saturated carbocycles. The molecule has 5 nitrogen and oxygen atoms in total. The summed E-state index contributed by atoms with van der Waals surface area (Å²) in [5.74, 6) is 0.381. The Labute approximate surface area is 123 Å². The summed E-state index contributed by atoms with van der Waals surface area (Å²) in [4.78, 5) is 24.0. The van der Waals surface area contributed by atoms with Crippen LogP contribution in [0.25, 0.3) is 11.0 Å². The van der Waals surface area contributed by atoms with Crippen LogP contribution in [0.2, 0.25) is 0 Å². The van der Waals surface area contributed by atoms with E-state index in [0.717, 1.165) is 22.1 Å². The molecule has 0 aromatic carbocycles. The molecule has 0 aliphatic carbocycles. The minimum absolute atomic E-state index is 0.349. The van der Waals surface area contributed by atoms with Gasteiger partial charge < -0.3 is 9.72 Å². The topological polar surface area (TPSA) is 67.9 Å². The van der Waals surface area contributed by atoms with Crippen LogP contribution < -0.4 is 0 Å². The van der Waals surface area contributed by atoms with Crippen molar-refractivity contribution in [2.45, 2.75) is 10.9 Å². The fourth-order valence-corrected chi connectivity index (χ4v) is 3.37. The molecule has 1 N–H and O–H groups in total. The lowest BCUT2D eigenvalue weighted by molar-refractivity contribution is 0.0608. The van der Waals surface area contributed by atoms with Crippen molar-refractivity contribution in [2.75, 3.05) is 7.11 Å². The number of rotatable bonds is 4. The van der Waals surface area contributed by atoms with Gasteiger partial charge in [-0.1, -0.05) is 17.8 Å². The number of thioether (sulfide) groups is 1. The maximum absolute atomic E-state index is 11.6. The molecule has 0 bridgehead atoms. The molecular formula is C13H11N3O2S2. The summed E-state index contributed by atoms with van der Waals surface area (Å²) in [6.45, 7) is 0. The van der Waals surface area contributed by atoms with Crippen LogP contribution in [0.5, 0.6) is 0 Å². The van der Waals surface area contributed by atoms with Gasteiger partial charge in [0, 0.05) is 17.3 Å². The molecule has 7 heteroatoms. The van der Waals surface area contributed by atoms with E-state index in [4.69, 9.17) is 4.74 Å². The molecule has 20 heavy (non-hydrogen) atoms. The predicted octanol–water partition coefficient (Wildman–Crippen LogP) is 3.10. The average molecular weight is 305 g/mol. The molecule has 0 fully saturated rings. The van der Waals surface area contributed by atoms with Crippen LogP contribution in [0.3, 0.4) is 0 Å². The number of hydrogen-bond acceptors (Lipinski definition) is 6. The van der Waals surface area contributed by atoms with Gasteiger partial charge >= 0.3 is 5.97 Å². The first-order chi connectivity index (χ1) is 9.78. The lowest BCUT2D eigenvalue weighted by Crippen LogP contribution is -1.98. The van der Waals surface area contributed by atoms with Gasteiger partial charge in [0.05, 0.1) is 18.3 Å². The Kier molecular flexibility index (Phi) is 3.70.